The number of nitrogens with zero attached hydrogens (tertiary/aromatic N) is 4. The van der Waals surface area contributed by atoms with Crippen LogP contribution in [0.3, 0.4) is 0 Å². The lowest BCUT2D eigenvalue weighted by atomic mass is 9.94. The SMILES string of the molecule is CCN(CC(=O)N1CCC(CCO)CC1)C(=O)CCN(C)c1ccc(-c2cnc(C)o2)c(OC)c1. The third-order valence-corrected chi connectivity index (χ3v) is 6.74. The number of hydrogen-bond donors (Lipinski definition) is 1. The van der Waals surface area contributed by atoms with Crippen LogP contribution in [-0.2, 0) is 9.59 Å². The molecule has 1 N–H and O–H groups in total. The molecule has 0 aliphatic carbocycles. The molecule has 0 unspecified atom stereocenters. The highest BCUT2D eigenvalue weighted by Gasteiger charge is 2.25. The van der Waals surface area contributed by atoms with Crippen LogP contribution in [-0.4, -0.2) is 85.2 Å². The number of likely N-dealkylation sites (tertiary alicyclic amines) is 1. The zero-order chi connectivity index (χ0) is 25.4. The van der Waals surface area contributed by atoms with Gasteiger partial charge in [0.2, 0.25) is 11.8 Å². The van der Waals surface area contributed by atoms with Crippen molar-refractivity contribution < 1.29 is 23.8 Å². The summed E-state index contributed by atoms with van der Waals surface area (Å²) in [6, 6.07) is 5.80. The zero-order valence-electron chi connectivity index (χ0n) is 21.3. The molecule has 9 nitrogen and oxygen atoms in total. The second-order valence-corrected chi connectivity index (χ2v) is 9.04. The molecule has 0 spiro atoms. The smallest absolute Gasteiger partial charge is 0.242 e. The van der Waals surface area contributed by atoms with Gasteiger partial charge >= 0.3 is 0 Å². The van der Waals surface area contributed by atoms with E-state index >= 15 is 0 Å². The number of hydrogen-bond acceptors (Lipinski definition) is 7. The summed E-state index contributed by atoms with van der Waals surface area (Å²) in [7, 11) is 3.54. The van der Waals surface area contributed by atoms with Crippen molar-refractivity contribution in [2.75, 3.05) is 58.4 Å². The number of aliphatic hydroxyl groups is 1. The van der Waals surface area contributed by atoms with Gasteiger partial charge in [0.25, 0.3) is 0 Å². The van der Waals surface area contributed by atoms with E-state index in [0.29, 0.717) is 55.9 Å². The molecule has 1 aliphatic rings. The summed E-state index contributed by atoms with van der Waals surface area (Å²) in [5, 5.41) is 9.11. The largest absolute Gasteiger partial charge is 0.496 e. The lowest BCUT2D eigenvalue weighted by molar-refractivity contribution is -0.141. The molecule has 1 aliphatic heterocycles. The quantitative estimate of drug-likeness (QED) is 0.521. The van der Waals surface area contributed by atoms with E-state index in [1.165, 1.54) is 0 Å². The minimum absolute atomic E-state index is 0.000944. The lowest BCUT2D eigenvalue weighted by Crippen LogP contribution is -2.46. The highest BCUT2D eigenvalue weighted by Crippen LogP contribution is 2.33. The average Bonchev–Trinajstić information content (AvgIpc) is 3.31. The second-order valence-electron chi connectivity index (χ2n) is 9.04. The number of benzene rings is 1. The number of aliphatic hydroxyl groups excluding tert-OH is 1. The highest BCUT2D eigenvalue weighted by atomic mass is 16.5. The number of piperidine rings is 1. The summed E-state index contributed by atoms with van der Waals surface area (Å²) >= 11 is 0. The molecule has 0 bridgehead atoms. The number of ether oxygens (including phenoxy) is 1. The molecule has 1 aromatic carbocycles. The zero-order valence-corrected chi connectivity index (χ0v) is 21.3. The van der Waals surface area contributed by atoms with Crippen molar-refractivity contribution in [3.8, 4) is 17.1 Å². The van der Waals surface area contributed by atoms with E-state index < -0.39 is 0 Å². The minimum Gasteiger partial charge on any atom is -0.496 e. The number of rotatable bonds is 11. The van der Waals surface area contributed by atoms with Crippen LogP contribution in [0, 0.1) is 12.8 Å². The van der Waals surface area contributed by atoms with Gasteiger partial charge in [-0.1, -0.05) is 0 Å². The Hall–Kier alpha value is -3.07. The van der Waals surface area contributed by atoms with Crippen LogP contribution >= 0.6 is 0 Å². The number of amides is 2. The number of carbonyl (C=O) groups excluding carboxylic acids is 2. The third-order valence-electron chi connectivity index (χ3n) is 6.74. The number of methoxy groups -OCH3 is 1. The van der Waals surface area contributed by atoms with Gasteiger partial charge in [-0.15, -0.1) is 0 Å². The molecule has 2 aromatic rings. The van der Waals surface area contributed by atoms with E-state index in [1.807, 2.05) is 42.0 Å². The van der Waals surface area contributed by atoms with E-state index in [2.05, 4.69) is 4.98 Å². The Morgan fingerprint density at radius 1 is 1.29 bits per heavy atom. The number of likely N-dealkylation sites (N-methyl/N-ethyl adjacent to an activating group) is 1. The van der Waals surface area contributed by atoms with E-state index in [4.69, 9.17) is 14.3 Å². The first kappa shape index (κ1) is 26.5. The predicted octanol–water partition coefficient (Wildman–Crippen LogP) is 2.95. The van der Waals surface area contributed by atoms with Gasteiger partial charge in [0.1, 0.15) is 5.75 Å². The van der Waals surface area contributed by atoms with Crippen molar-refractivity contribution in [1.82, 2.24) is 14.8 Å². The summed E-state index contributed by atoms with van der Waals surface area (Å²) in [5.74, 6) is 2.34. The number of aryl methyl sites for hydroxylation is 1. The van der Waals surface area contributed by atoms with Crippen molar-refractivity contribution in [2.24, 2.45) is 5.92 Å². The molecular formula is C26H38N4O5. The number of oxazole rings is 1. The van der Waals surface area contributed by atoms with E-state index in [9.17, 15) is 9.59 Å². The van der Waals surface area contributed by atoms with Crippen LogP contribution in [0.4, 0.5) is 5.69 Å². The summed E-state index contributed by atoms with van der Waals surface area (Å²) in [4.78, 5) is 35.3. The van der Waals surface area contributed by atoms with Crippen LogP contribution in [0.1, 0.15) is 38.5 Å². The molecule has 35 heavy (non-hydrogen) atoms. The van der Waals surface area contributed by atoms with Crippen molar-refractivity contribution in [1.29, 1.82) is 0 Å². The Morgan fingerprint density at radius 3 is 2.63 bits per heavy atom. The molecule has 192 valence electrons. The summed E-state index contributed by atoms with van der Waals surface area (Å²) in [5.41, 5.74) is 1.73. The molecule has 2 heterocycles. The molecule has 1 saturated heterocycles. The minimum atomic E-state index is -0.0383. The molecule has 0 saturated carbocycles. The van der Waals surface area contributed by atoms with Gasteiger partial charge in [-0.05, 0) is 44.2 Å². The third kappa shape index (κ3) is 6.97. The van der Waals surface area contributed by atoms with Gasteiger partial charge in [-0.2, -0.15) is 0 Å². The van der Waals surface area contributed by atoms with Crippen LogP contribution in [0.25, 0.3) is 11.3 Å². The molecule has 1 fully saturated rings. The second kappa shape index (κ2) is 12.6. The van der Waals surface area contributed by atoms with Gasteiger partial charge in [0.15, 0.2) is 11.7 Å². The monoisotopic (exact) mass is 486 g/mol. The standard InChI is InChI=1S/C26H38N4O5/c1-5-29(18-26(33)30-13-8-20(9-14-30)11-15-31)25(32)10-12-28(3)21-6-7-22(23(16-21)34-4)24-17-27-19(2)35-24/h6-7,16-17,20,31H,5,8-15,18H2,1-4H3. The Balaban J connectivity index is 1.53. The van der Waals surface area contributed by atoms with Crippen LogP contribution < -0.4 is 9.64 Å². The van der Waals surface area contributed by atoms with E-state index in [1.54, 1.807) is 25.1 Å². The fourth-order valence-corrected chi connectivity index (χ4v) is 4.45. The van der Waals surface area contributed by atoms with Gasteiger partial charge in [0, 0.05) is 64.9 Å². The number of aromatic nitrogens is 1. The summed E-state index contributed by atoms with van der Waals surface area (Å²) < 4.78 is 11.2. The Kier molecular flexibility index (Phi) is 9.54. The first-order valence-electron chi connectivity index (χ1n) is 12.3. The maximum Gasteiger partial charge on any atom is 0.242 e. The maximum absolute atomic E-state index is 12.9. The van der Waals surface area contributed by atoms with E-state index in [0.717, 1.165) is 30.5 Å². The van der Waals surface area contributed by atoms with Crippen LogP contribution in [0.2, 0.25) is 0 Å². The van der Waals surface area contributed by atoms with Crippen molar-refractivity contribution in [3.05, 3.63) is 30.3 Å². The highest BCUT2D eigenvalue weighted by molar-refractivity contribution is 5.85. The topological polar surface area (TPSA) is 99.4 Å². The Bertz CT molecular complexity index is 984. The Morgan fingerprint density at radius 2 is 2.03 bits per heavy atom. The van der Waals surface area contributed by atoms with Gasteiger partial charge in [-0.3, -0.25) is 9.59 Å². The van der Waals surface area contributed by atoms with Gasteiger partial charge < -0.3 is 29.0 Å². The normalized spacial score (nSPS) is 14.1. The number of carbonyl (C=O) groups is 2. The molecule has 3 rings (SSSR count). The molecule has 2 amide bonds. The molecule has 9 heteroatoms. The summed E-state index contributed by atoms with van der Waals surface area (Å²) in [6.45, 7) is 6.41. The first-order valence-corrected chi connectivity index (χ1v) is 12.3. The van der Waals surface area contributed by atoms with Crippen LogP contribution in [0.5, 0.6) is 5.75 Å². The van der Waals surface area contributed by atoms with Crippen molar-refractivity contribution in [3.63, 3.8) is 0 Å². The Labute approximate surface area is 207 Å². The van der Waals surface area contributed by atoms with Crippen molar-refractivity contribution >= 4 is 17.5 Å². The molecule has 1 aromatic heterocycles. The maximum atomic E-state index is 12.9. The van der Waals surface area contributed by atoms with Gasteiger partial charge in [0.05, 0.1) is 25.4 Å². The van der Waals surface area contributed by atoms with E-state index in [-0.39, 0.29) is 25.0 Å². The molecule has 0 radical (unpaired) electrons. The van der Waals surface area contributed by atoms with Gasteiger partial charge in [-0.25, -0.2) is 4.98 Å². The molecule has 0 atom stereocenters. The predicted molar refractivity (Wildman–Crippen MR) is 134 cm³/mol. The number of anilines is 1. The fraction of sp³-hybridized carbons (Fsp3) is 0.577. The molecular weight excluding hydrogens is 448 g/mol. The average molecular weight is 487 g/mol. The van der Waals surface area contributed by atoms with Crippen LogP contribution in [0.15, 0.2) is 28.8 Å². The fourth-order valence-electron chi connectivity index (χ4n) is 4.45. The first-order chi connectivity index (χ1) is 16.9. The lowest BCUT2D eigenvalue weighted by Gasteiger charge is -2.33. The van der Waals surface area contributed by atoms with Crippen molar-refractivity contribution in [2.45, 2.75) is 39.5 Å². The summed E-state index contributed by atoms with van der Waals surface area (Å²) in [6.07, 6.45) is 4.60.